The van der Waals surface area contributed by atoms with E-state index in [9.17, 15) is 4.39 Å². The first-order valence-electron chi connectivity index (χ1n) is 6.51. The Morgan fingerprint density at radius 1 is 1.11 bits per heavy atom. The molecule has 0 spiro atoms. The number of para-hydroxylation sites is 1. The monoisotopic (exact) mass is 259 g/mol. The van der Waals surface area contributed by atoms with Crippen molar-refractivity contribution in [2.24, 2.45) is 0 Å². The minimum atomic E-state index is -0.350. The summed E-state index contributed by atoms with van der Waals surface area (Å²) < 4.78 is 19.0. The van der Waals surface area contributed by atoms with Gasteiger partial charge in [-0.2, -0.15) is 0 Å². The maximum Gasteiger partial charge on any atom is 0.165 e. The Morgan fingerprint density at radius 2 is 1.95 bits per heavy atom. The summed E-state index contributed by atoms with van der Waals surface area (Å²) >= 11 is 0. The maximum absolute atomic E-state index is 13.5. The van der Waals surface area contributed by atoms with Gasteiger partial charge in [-0.1, -0.05) is 31.2 Å². The van der Waals surface area contributed by atoms with Crippen molar-refractivity contribution in [1.29, 1.82) is 0 Å². The quantitative estimate of drug-likeness (QED) is 0.788. The highest BCUT2D eigenvalue weighted by molar-refractivity contribution is 5.34. The van der Waals surface area contributed by atoms with Crippen LogP contribution in [0, 0.1) is 5.82 Å². The summed E-state index contributed by atoms with van der Waals surface area (Å²) in [6.45, 7) is 3.91. The molecule has 0 amide bonds. The summed E-state index contributed by atoms with van der Waals surface area (Å²) in [5, 5.41) is 3.32. The van der Waals surface area contributed by atoms with Gasteiger partial charge in [0.15, 0.2) is 11.6 Å². The Labute approximate surface area is 113 Å². The molecule has 0 saturated heterocycles. The van der Waals surface area contributed by atoms with E-state index in [-0.39, 0.29) is 11.6 Å². The molecule has 1 N–H and O–H groups in total. The molecule has 0 saturated carbocycles. The van der Waals surface area contributed by atoms with Gasteiger partial charge in [0.2, 0.25) is 0 Å². The van der Waals surface area contributed by atoms with Gasteiger partial charge >= 0.3 is 0 Å². The van der Waals surface area contributed by atoms with Crippen LogP contribution in [0.3, 0.4) is 0 Å². The third-order valence-electron chi connectivity index (χ3n) is 2.72. The van der Waals surface area contributed by atoms with Crippen molar-refractivity contribution >= 4 is 0 Å². The van der Waals surface area contributed by atoms with Gasteiger partial charge in [0.05, 0.1) is 0 Å². The summed E-state index contributed by atoms with van der Waals surface area (Å²) in [5.41, 5.74) is 1.13. The highest BCUT2D eigenvalue weighted by Crippen LogP contribution is 2.24. The van der Waals surface area contributed by atoms with Crippen molar-refractivity contribution in [2.45, 2.75) is 19.9 Å². The fourth-order valence-electron chi connectivity index (χ4n) is 1.78. The molecule has 0 radical (unpaired) electrons. The van der Waals surface area contributed by atoms with Crippen molar-refractivity contribution in [2.75, 3.05) is 6.54 Å². The Kier molecular flexibility index (Phi) is 4.93. The number of rotatable bonds is 6. The average Bonchev–Trinajstić information content (AvgIpc) is 2.42. The third kappa shape index (κ3) is 4.07. The van der Waals surface area contributed by atoms with Gasteiger partial charge in [-0.25, -0.2) is 4.39 Å². The molecule has 100 valence electrons. The van der Waals surface area contributed by atoms with Gasteiger partial charge in [0.25, 0.3) is 0 Å². The zero-order valence-corrected chi connectivity index (χ0v) is 11.0. The van der Waals surface area contributed by atoms with Crippen LogP contribution in [0.2, 0.25) is 0 Å². The highest BCUT2D eigenvalue weighted by Gasteiger charge is 2.03. The highest BCUT2D eigenvalue weighted by atomic mass is 19.1. The minimum absolute atomic E-state index is 0.251. The molecule has 3 heteroatoms. The Morgan fingerprint density at radius 3 is 2.74 bits per heavy atom. The van der Waals surface area contributed by atoms with Crippen LogP contribution in [-0.4, -0.2) is 6.54 Å². The molecule has 0 atom stereocenters. The minimum Gasteiger partial charge on any atom is -0.454 e. The number of nitrogens with one attached hydrogen (secondary N) is 1. The van der Waals surface area contributed by atoms with Crippen molar-refractivity contribution < 1.29 is 9.13 Å². The zero-order valence-electron chi connectivity index (χ0n) is 11.0. The van der Waals surface area contributed by atoms with Gasteiger partial charge in [-0.05, 0) is 42.8 Å². The number of halogens is 1. The molecule has 0 aliphatic heterocycles. The van der Waals surface area contributed by atoms with E-state index in [1.165, 1.54) is 6.07 Å². The number of hydrogen-bond donors (Lipinski definition) is 1. The standard InChI is InChI=1S/C16H18FNO/c1-2-10-18-12-13-6-5-7-14(11-13)19-16-9-4-3-8-15(16)17/h3-9,11,18H,2,10,12H2,1H3. The molecule has 19 heavy (non-hydrogen) atoms. The Hall–Kier alpha value is -1.87. The summed E-state index contributed by atoms with van der Waals surface area (Å²) in [6.07, 6.45) is 1.10. The Bertz CT molecular complexity index is 528. The second kappa shape index (κ2) is 6.90. The fourth-order valence-corrected chi connectivity index (χ4v) is 1.78. The molecule has 0 aromatic heterocycles. The predicted octanol–water partition coefficient (Wildman–Crippen LogP) is 4.12. The lowest BCUT2D eigenvalue weighted by Crippen LogP contribution is -2.13. The SMILES string of the molecule is CCCNCc1cccc(Oc2ccccc2F)c1. The molecular formula is C16H18FNO. The Balaban J connectivity index is 2.05. The predicted molar refractivity (Wildman–Crippen MR) is 74.9 cm³/mol. The molecule has 0 bridgehead atoms. The van der Waals surface area contributed by atoms with Crippen LogP contribution >= 0.6 is 0 Å². The van der Waals surface area contributed by atoms with Crippen LogP contribution in [0.25, 0.3) is 0 Å². The van der Waals surface area contributed by atoms with Crippen LogP contribution in [0.15, 0.2) is 48.5 Å². The first-order chi connectivity index (χ1) is 9.29. The van der Waals surface area contributed by atoms with Gasteiger partial charge in [-0.3, -0.25) is 0 Å². The van der Waals surface area contributed by atoms with E-state index >= 15 is 0 Å². The molecule has 0 unspecified atom stereocenters. The van der Waals surface area contributed by atoms with Crippen LogP contribution in [-0.2, 0) is 6.54 Å². The molecule has 0 aliphatic carbocycles. The van der Waals surface area contributed by atoms with Crippen LogP contribution in [0.5, 0.6) is 11.5 Å². The molecule has 0 aliphatic rings. The van der Waals surface area contributed by atoms with Crippen LogP contribution in [0.1, 0.15) is 18.9 Å². The lowest BCUT2D eigenvalue weighted by atomic mass is 10.2. The van der Waals surface area contributed by atoms with E-state index in [2.05, 4.69) is 12.2 Å². The largest absolute Gasteiger partial charge is 0.454 e. The summed E-state index contributed by atoms with van der Waals surface area (Å²) in [6, 6.07) is 14.1. The lowest BCUT2D eigenvalue weighted by Gasteiger charge is -2.09. The van der Waals surface area contributed by atoms with E-state index in [4.69, 9.17) is 4.74 Å². The van der Waals surface area contributed by atoms with E-state index in [0.717, 1.165) is 25.1 Å². The van der Waals surface area contributed by atoms with Crippen molar-refractivity contribution in [1.82, 2.24) is 5.32 Å². The van der Waals surface area contributed by atoms with Crippen molar-refractivity contribution in [3.8, 4) is 11.5 Å². The second-order valence-corrected chi connectivity index (χ2v) is 4.36. The van der Waals surface area contributed by atoms with E-state index in [0.29, 0.717) is 5.75 Å². The smallest absolute Gasteiger partial charge is 0.165 e. The van der Waals surface area contributed by atoms with Gasteiger partial charge in [0.1, 0.15) is 5.75 Å². The number of benzene rings is 2. The average molecular weight is 259 g/mol. The van der Waals surface area contributed by atoms with Crippen molar-refractivity contribution in [3.63, 3.8) is 0 Å². The fraction of sp³-hybridized carbons (Fsp3) is 0.250. The number of ether oxygens (including phenoxy) is 1. The maximum atomic E-state index is 13.5. The third-order valence-corrected chi connectivity index (χ3v) is 2.72. The summed E-state index contributed by atoms with van der Waals surface area (Å²) in [5.74, 6) is 0.555. The van der Waals surface area contributed by atoms with Crippen LogP contribution in [0.4, 0.5) is 4.39 Å². The molecule has 2 nitrogen and oxygen atoms in total. The zero-order chi connectivity index (χ0) is 13.5. The van der Waals surface area contributed by atoms with Crippen LogP contribution < -0.4 is 10.1 Å². The molecule has 0 heterocycles. The first kappa shape index (κ1) is 13.6. The molecule has 2 aromatic carbocycles. The van der Waals surface area contributed by atoms with E-state index < -0.39 is 0 Å². The normalized spacial score (nSPS) is 10.4. The summed E-state index contributed by atoms with van der Waals surface area (Å²) in [4.78, 5) is 0. The van der Waals surface area contributed by atoms with Crippen molar-refractivity contribution in [3.05, 3.63) is 59.9 Å². The van der Waals surface area contributed by atoms with E-state index in [1.807, 2.05) is 24.3 Å². The van der Waals surface area contributed by atoms with Gasteiger partial charge in [0, 0.05) is 6.54 Å². The molecule has 2 aromatic rings. The number of hydrogen-bond acceptors (Lipinski definition) is 2. The van der Waals surface area contributed by atoms with Gasteiger partial charge < -0.3 is 10.1 Å². The lowest BCUT2D eigenvalue weighted by molar-refractivity contribution is 0.441. The van der Waals surface area contributed by atoms with Gasteiger partial charge in [-0.15, -0.1) is 0 Å². The topological polar surface area (TPSA) is 21.3 Å². The molecular weight excluding hydrogens is 241 g/mol. The molecule has 2 rings (SSSR count). The summed E-state index contributed by atoms with van der Waals surface area (Å²) in [7, 11) is 0. The van der Waals surface area contributed by atoms with E-state index in [1.54, 1.807) is 18.2 Å². The second-order valence-electron chi connectivity index (χ2n) is 4.36. The first-order valence-corrected chi connectivity index (χ1v) is 6.51. The molecule has 0 fully saturated rings.